The fourth-order valence-electron chi connectivity index (χ4n) is 2.17. The fraction of sp³-hybridized carbons (Fsp3) is 0.0588. The Morgan fingerprint density at radius 2 is 1.71 bits per heavy atom. The summed E-state index contributed by atoms with van der Waals surface area (Å²) in [6, 6.07) is 17.3. The van der Waals surface area contributed by atoms with Crippen LogP contribution in [-0.4, -0.2) is 18.0 Å². The molecule has 1 aromatic carbocycles. The molecule has 0 bridgehead atoms. The Hall–Kier alpha value is -2.62. The Kier molecular flexibility index (Phi) is 4.38. The van der Waals surface area contributed by atoms with Gasteiger partial charge in [-0.2, -0.15) is 0 Å². The highest BCUT2D eigenvalue weighted by Crippen LogP contribution is 2.17. The highest BCUT2D eigenvalue weighted by molar-refractivity contribution is 5.75. The maximum Gasteiger partial charge on any atom is 0.258 e. The van der Waals surface area contributed by atoms with Crippen molar-refractivity contribution in [2.45, 2.75) is 6.92 Å². The molecule has 0 amide bonds. The van der Waals surface area contributed by atoms with Gasteiger partial charge in [-0.1, -0.05) is 24.3 Å². The van der Waals surface area contributed by atoms with Gasteiger partial charge in [0.1, 0.15) is 0 Å². The standard InChI is InChI=1S/C17H14N2O.B/c1-13-11-14(16-9-5-6-10-18-16)12-19(17(13)20)15-7-3-2-4-8-15;/h2-12H,1H3;. The minimum atomic E-state index is -0.00381. The van der Waals surface area contributed by atoms with Gasteiger partial charge in [-0.3, -0.25) is 14.3 Å². The maximum absolute atomic E-state index is 12.3. The highest BCUT2D eigenvalue weighted by atomic mass is 16.1. The zero-order valence-electron chi connectivity index (χ0n) is 11.7. The van der Waals surface area contributed by atoms with E-state index in [1.54, 1.807) is 10.8 Å². The van der Waals surface area contributed by atoms with Crippen molar-refractivity contribution >= 4 is 8.41 Å². The van der Waals surface area contributed by atoms with E-state index >= 15 is 0 Å². The van der Waals surface area contributed by atoms with Crippen LogP contribution in [0.2, 0.25) is 0 Å². The van der Waals surface area contributed by atoms with E-state index in [2.05, 4.69) is 4.98 Å². The normalized spacial score (nSPS) is 9.95. The summed E-state index contributed by atoms with van der Waals surface area (Å²) >= 11 is 0. The molecule has 3 aromatic rings. The maximum atomic E-state index is 12.3. The third kappa shape index (κ3) is 2.94. The minimum Gasteiger partial charge on any atom is -0.283 e. The molecule has 3 nitrogen and oxygen atoms in total. The van der Waals surface area contributed by atoms with Crippen molar-refractivity contribution in [3.8, 4) is 16.9 Å². The first kappa shape index (κ1) is 14.8. The van der Waals surface area contributed by atoms with Crippen LogP contribution in [0.1, 0.15) is 5.56 Å². The molecule has 0 spiro atoms. The Balaban J connectivity index is 0.00000161. The lowest BCUT2D eigenvalue weighted by atomic mass is 10.1. The molecular formula is C17H14BN2O. The van der Waals surface area contributed by atoms with E-state index in [4.69, 9.17) is 0 Å². The summed E-state index contributed by atoms with van der Waals surface area (Å²) in [5.74, 6) is 0. The quantitative estimate of drug-likeness (QED) is 0.673. The van der Waals surface area contributed by atoms with Crippen molar-refractivity contribution in [2.75, 3.05) is 0 Å². The number of benzene rings is 1. The minimum absolute atomic E-state index is 0. The highest BCUT2D eigenvalue weighted by Gasteiger charge is 2.07. The Labute approximate surface area is 125 Å². The molecule has 21 heavy (non-hydrogen) atoms. The zero-order valence-corrected chi connectivity index (χ0v) is 11.7. The lowest BCUT2D eigenvalue weighted by Gasteiger charge is -2.10. The van der Waals surface area contributed by atoms with Crippen LogP contribution in [0, 0.1) is 6.92 Å². The van der Waals surface area contributed by atoms with Crippen molar-refractivity contribution in [2.24, 2.45) is 0 Å². The molecular weight excluding hydrogens is 259 g/mol. The van der Waals surface area contributed by atoms with Crippen molar-refractivity contribution in [1.29, 1.82) is 0 Å². The number of rotatable bonds is 2. The Bertz CT molecular complexity index is 783. The molecule has 4 heteroatoms. The summed E-state index contributed by atoms with van der Waals surface area (Å²) in [5.41, 5.74) is 3.36. The van der Waals surface area contributed by atoms with Crippen LogP contribution in [0.5, 0.6) is 0 Å². The van der Waals surface area contributed by atoms with Crippen molar-refractivity contribution in [3.63, 3.8) is 0 Å². The summed E-state index contributed by atoms with van der Waals surface area (Å²) in [4.78, 5) is 16.6. The van der Waals surface area contributed by atoms with E-state index in [0.29, 0.717) is 5.56 Å². The van der Waals surface area contributed by atoms with Gasteiger partial charge in [0, 0.05) is 37.6 Å². The lowest BCUT2D eigenvalue weighted by Crippen LogP contribution is -2.20. The number of hydrogen-bond acceptors (Lipinski definition) is 2. The van der Waals surface area contributed by atoms with Crippen LogP contribution in [0.25, 0.3) is 16.9 Å². The topological polar surface area (TPSA) is 34.9 Å². The molecule has 0 N–H and O–H groups in total. The van der Waals surface area contributed by atoms with Crippen LogP contribution in [-0.2, 0) is 0 Å². The fourth-order valence-corrected chi connectivity index (χ4v) is 2.17. The molecule has 0 saturated carbocycles. The molecule has 0 aliphatic heterocycles. The van der Waals surface area contributed by atoms with Gasteiger partial charge in [0.25, 0.3) is 5.56 Å². The van der Waals surface area contributed by atoms with Crippen LogP contribution >= 0.6 is 0 Å². The number of hydrogen-bond donors (Lipinski definition) is 0. The van der Waals surface area contributed by atoms with Crippen LogP contribution < -0.4 is 5.56 Å². The van der Waals surface area contributed by atoms with Gasteiger partial charge in [0.05, 0.1) is 5.69 Å². The van der Waals surface area contributed by atoms with Crippen LogP contribution in [0.3, 0.4) is 0 Å². The van der Waals surface area contributed by atoms with Crippen molar-refractivity contribution in [1.82, 2.24) is 9.55 Å². The smallest absolute Gasteiger partial charge is 0.258 e. The van der Waals surface area contributed by atoms with Gasteiger partial charge < -0.3 is 0 Å². The zero-order chi connectivity index (χ0) is 13.9. The van der Waals surface area contributed by atoms with Gasteiger partial charge in [0.2, 0.25) is 0 Å². The molecule has 2 aromatic heterocycles. The number of aromatic nitrogens is 2. The van der Waals surface area contributed by atoms with Crippen molar-refractivity contribution < 1.29 is 0 Å². The van der Waals surface area contributed by atoms with Crippen LogP contribution in [0.15, 0.2) is 71.8 Å². The second kappa shape index (κ2) is 6.22. The van der Waals surface area contributed by atoms with E-state index in [1.165, 1.54) is 0 Å². The molecule has 0 atom stereocenters. The molecule has 0 aliphatic carbocycles. The second-order valence-corrected chi connectivity index (χ2v) is 4.64. The van der Waals surface area contributed by atoms with Gasteiger partial charge in [-0.15, -0.1) is 0 Å². The first-order valence-corrected chi connectivity index (χ1v) is 6.46. The largest absolute Gasteiger partial charge is 0.283 e. The SMILES string of the molecule is Cc1cc(-c2ccccn2)cn(-c2ccccc2)c1=O.[B]. The van der Waals surface area contributed by atoms with Gasteiger partial charge in [-0.25, -0.2) is 0 Å². The Morgan fingerprint density at radius 3 is 2.38 bits per heavy atom. The number of pyridine rings is 2. The van der Waals surface area contributed by atoms with Gasteiger partial charge in [-0.05, 0) is 37.3 Å². The third-order valence-corrected chi connectivity index (χ3v) is 3.19. The molecule has 3 rings (SSSR count). The lowest BCUT2D eigenvalue weighted by molar-refractivity contribution is 0.971. The molecule has 2 heterocycles. The molecule has 3 radical (unpaired) electrons. The van der Waals surface area contributed by atoms with E-state index in [-0.39, 0.29) is 14.0 Å². The van der Waals surface area contributed by atoms with E-state index < -0.39 is 0 Å². The van der Waals surface area contributed by atoms with Gasteiger partial charge >= 0.3 is 0 Å². The number of nitrogens with zero attached hydrogens (tertiary/aromatic N) is 2. The molecule has 0 aliphatic rings. The van der Waals surface area contributed by atoms with Crippen LogP contribution in [0.4, 0.5) is 0 Å². The predicted molar refractivity (Wildman–Crippen MR) is 85.8 cm³/mol. The second-order valence-electron chi connectivity index (χ2n) is 4.64. The average molecular weight is 273 g/mol. The predicted octanol–water partition coefficient (Wildman–Crippen LogP) is 2.83. The van der Waals surface area contributed by atoms with Gasteiger partial charge in [0.15, 0.2) is 0 Å². The van der Waals surface area contributed by atoms with E-state index in [0.717, 1.165) is 16.9 Å². The Morgan fingerprint density at radius 1 is 1.00 bits per heavy atom. The summed E-state index contributed by atoms with van der Waals surface area (Å²) in [5, 5.41) is 0. The molecule has 101 valence electrons. The molecule has 0 saturated heterocycles. The average Bonchev–Trinajstić information content (AvgIpc) is 2.51. The summed E-state index contributed by atoms with van der Waals surface area (Å²) < 4.78 is 1.67. The third-order valence-electron chi connectivity index (χ3n) is 3.19. The summed E-state index contributed by atoms with van der Waals surface area (Å²) in [7, 11) is 0. The number of para-hydroxylation sites is 1. The monoisotopic (exact) mass is 273 g/mol. The van der Waals surface area contributed by atoms with Crippen molar-refractivity contribution in [3.05, 3.63) is 82.9 Å². The summed E-state index contributed by atoms with van der Waals surface area (Å²) in [6.45, 7) is 1.83. The first-order chi connectivity index (χ1) is 9.75. The van der Waals surface area contributed by atoms with E-state index in [9.17, 15) is 4.79 Å². The summed E-state index contributed by atoms with van der Waals surface area (Å²) in [6.07, 6.45) is 3.59. The first-order valence-electron chi connectivity index (χ1n) is 6.46. The van der Waals surface area contributed by atoms with E-state index in [1.807, 2.05) is 67.7 Å². The molecule has 0 fully saturated rings. The number of aryl methyl sites for hydroxylation is 1. The molecule has 0 unspecified atom stereocenters.